The van der Waals surface area contributed by atoms with Gasteiger partial charge in [-0.3, -0.25) is 9.69 Å². The zero-order chi connectivity index (χ0) is 17.1. The normalized spacial score (nSPS) is 17.8. The Labute approximate surface area is 150 Å². The van der Waals surface area contributed by atoms with Crippen molar-refractivity contribution in [2.24, 2.45) is 0 Å². The molecule has 1 aliphatic heterocycles. The first-order valence-corrected chi connectivity index (χ1v) is 8.86. The van der Waals surface area contributed by atoms with Crippen LogP contribution in [-0.2, 0) is 11.2 Å². The quantitative estimate of drug-likeness (QED) is 0.773. The Balaban J connectivity index is 1.62. The first-order chi connectivity index (χ1) is 11.6. The molecule has 1 atom stereocenters. The molecule has 0 saturated carbocycles. The number of hydrogen-bond acceptors (Lipinski definition) is 2. The standard InChI is InChI=1S/C19H20BrFN2O/c1-22(12-10-14-6-8-15(20)9-7-14)18-11-13-23(19(18)24)17-5-3-2-4-16(17)21/h2-9,18H,10-13H2,1H3. The number of anilines is 1. The molecule has 0 N–H and O–H groups in total. The summed E-state index contributed by atoms with van der Waals surface area (Å²) in [5, 5.41) is 0. The third-order valence-corrected chi connectivity index (χ3v) is 5.05. The van der Waals surface area contributed by atoms with Gasteiger partial charge in [0.1, 0.15) is 5.82 Å². The third kappa shape index (κ3) is 3.68. The summed E-state index contributed by atoms with van der Waals surface area (Å²) < 4.78 is 15.0. The summed E-state index contributed by atoms with van der Waals surface area (Å²) in [7, 11) is 1.96. The van der Waals surface area contributed by atoms with Gasteiger partial charge in [0.15, 0.2) is 0 Å². The average molecular weight is 391 g/mol. The highest BCUT2D eigenvalue weighted by Crippen LogP contribution is 2.26. The fraction of sp³-hybridized carbons (Fsp3) is 0.316. The topological polar surface area (TPSA) is 23.6 Å². The summed E-state index contributed by atoms with van der Waals surface area (Å²) in [6.45, 7) is 1.36. The minimum absolute atomic E-state index is 0.0154. The van der Waals surface area contributed by atoms with E-state index in [9.17, 15) is 9.18 Å². The lowest BCUT2D eigenvalue weighted by atomic mass is 10.1. The summed E-state index contributed by atoms with van der Waals surface area (Å²) in [6.07, 6.45) is 1.61. The van der Waals surface area contributed by atoms with Crippen LogP contribution in [0.5, 0.6) is 0 Å². The van der Waals surface area contributed by atoms with Crippen LogP contribution >= 0.6 is 15.9 Å². The van der Waals surface area contributed by atoms with Crippen LogP contribution in [0, 0.1) is 5.82 Å². The molecule has 2 aromatic rings. The molecule has 3 rings (SSSR count). The summed E-state index contributed by atoms with van der Waals surface area (Å²) >= 11 is 3.43. The molecule has 24 heavy (non-hydrogen) atoms. The molecule has 1 amide bonds. The van der Waals surface area contributed by atoms with Gasteiger partial charge in [-0.15, -0.1) is 0 Å². The minimum atomic E-state index is -0.344. The van der Waals surface area contributed by atoms with Gasteiger partial charge in [0.25, 0.3) is 0 Å². The number of amides is 1. The number of rotatable bonds is 5. The van der Waals surface area contributed by atoms with Crippen molar-refractivity contribution in [3.8, 4) is 0 Å². The first kappa shape index (κ1) is 17.1. The second-order valence-electron chi connectivity index (χ2n) is 6.10. The summed E-state index contributed by atoms with van der Waals surface area (Å²) in [5.74, 6) is -0.359. The van der Waals surface area contributed by atoms with Gasteiger partial charge in [-0.1, -0.05) is 40.2 Å². The zero-order valence-corrected chi connectivity index (χ0v) is 15.2. The number of para-hydroxylation sites is 1. The fourth-order valence-corrected chi connectivity index (χ4v) is 3.36. The summed E-state index contributed by atoms with van der Waals surface area (Å²) in [5.41, 5.74) is 1.62. The Kier molecular flexibility index (Phi) is 5.31. The SMILES string of the molecule is CN(CCc1ccc(Br)cc1)C1CCN(c2ccccc2F)C1=O. The van der Waals surface area contributed by atoms with Gasteiger partial charge in [-0.05, 0) is 49.7 Å². The molecular weight excluding hydrogens is 371 g/mol. The first-order valence-electron chi connectivity index (χ1n) is 8.07. The fourth-order valence-electron chi connectivity index (χ4n) is 3.10. The molecule has 0 spiro atoms. The van der Waals surface area contributed by atoms with Crippen LogP contribution in [0.15, 0.2) is 53.0 Å². The molecule has 1 heterocycles. The number of carbonyl (C=O) groups is 1. The predicted molar refractivity (Wildman–Crippen MR) is 97.6 cm³/mol. The zero-order valence-electron chi connectivity index (χ0n) is 13.6. The molecule has 5 heteroatoms. The number of carbonyl (C=O) groups excluding carboxylic acids is 1. The third-order valence-electron chi connectivity index (χ3n) is 4.52. The highest BCUT2D eigenvalue weighted by Gasteiger charge is 2.35. The number of benzene rings is 2. The van der Waals surface area contributed by atoms with Gasteiger partial charge in [0.05, 0.1) is 11.7 Å². The van der Waals surface area contributed by atoms with Crippen molar-refractivity contribution in [3.63, 3.8) is 0 Å². The van der Waals surface area contributed by atoms with E-state index in [2.05, 4.69) is 33.0 Å². The van der Waals surface area contributed by atoms with Crippen LogP contribution in [0.2, 0.25) is 0 Å². The molecule has 0 radical (unpaired) electrons. The van der Waals surface area contributed by atoms with Crippen LogP contribution < -0.4 is 4.90 Å². The molecule has 2 aromatic carbocycles. The molecule has 1 fully saturated rings. The van der Waals surface area contributed by atoms with Gasteiger partial charge in [-0.2, -0.15) is 0 Å². The van der Waals surface area contributed by atoms with Gasteiger partial charge < -0.3 is 4.90 Å². The molecular formula is C19H20BrFN2O. The van der Waals surface area contributed by atoms with Crippen LogP contribution in [0.4, 0.5) is 10.1 Å². The van der Waals surface area contributed by atoms with Gasteiger partial charge >= 0.3 is 0 Å². The van der Waals surface area contributed by atoms with E-state index in [0.717, 1.165) is 23.9 Å². The van der Waals surface area contributed by atoms with Crippen LogP contribution in [0.25, 0.3) is 0 Å². The van der Waals surface area contributed by atoms with E-state index in [0.29, 0.717) is 12.2 Å². The number of nitrogens with zero attached hydrogens (tertiary/aromatic N) is 2. The summed E-state index contributed by atoms with van der Waals surface area (Å²) in [4.78, 5) is 16.3. The maximum absolute atomic E-state index is 13.9. The molecule has 1 unspecified atom stereocenters. The molecule has 0 aromatic heterocycles. The maximum atomic E-state index is 13.9. The number of hydrogen-bond donors (Lipinski definition) is 0. The Morgan fingerprint density at radius 2 is 1.92 bits per heavy atom. The molecule has 126 valence electrons. The smallest absolute Gasteiger partial charge is 0.244 e. The van der Waals surface area contributed by atoms with E-state index in [1.807, 2.05) is 19.2 Å². The van der Waals surface area contributed by atoms with Crippen molar-refractivity contribution in [2.75, 3.05) is 25.0 Å². The van der Waals surface area contributed by atoms with Crippen molar-refractivity contribution < 1.29 is 9.18 Å². The van der Waals surface area contributed by atoms with E-state index in [-0.39, 0.29) is 17.8 Å². The molecule has 0 bridgehead atoms. The average Bonchev–Trinajstić information content (AvgIpc) is 2.96. The van der Waals surface area contributed by atoms with E-state index in [4.69, 9.17) is 0 Å². The summed E-state index contributed by atoms with van der Waals surface area (Å²) in [6, 6.07) is 14.5. The number of halogens is 2. The van der Waals surface area contributed by atoms with Crippen molar-refractivity contribution in [1.82, 2.24) is 4.90 Å². The van der Waals surface area contributed by atoms with E-state index < -0.39 is 0 Å². The van der Waals surface area contributed by atoms with Gasteiger partial charge in [-0.25, -0.2) is 4.39 Å². The highest BCUT2D eigenvalue weighted by molar-refractivity contribution is 9.10. The maximum Gasteiger partial charge on any atom is 0.244 e. The Morgan fingerprint density at radius 3 is 2.62 bits per heavy atom. The molecule has 1 aliphatic rings. The molecule has 0 aliphatic carbocycles. The van der Waals surface area contributed by atoms with E-state index >= 15 is 0 Å². The lowest BCUT2D eigenvalue weighted by molar-refractivity contribution is -0.121. The Hall–Kier alpha value is -1.72. The lowest BCUT2D eigenvalue weighted by Gasteiger charge is -2.24. The second-order valence-corrected chi connectivity index (χ2v) is 7.02. The van der Waals surface area contributed by atoms with Crippen LogP contribution in [0.3, 0.4) is 0 Å². The molecule has 1 saturated heterocycles. The second kappa shape index (κ2) is 7.45. The van der Waals surface area contributed by atoms with E-state index in [1.165, 1.54) is 11.6 Å². The predicted octanol–water partition coefficient (Wildman–Crippen LogP) is 3.87. The highest BCUT2D eigenvalue weighted by atomic mass is 79.9. The van der Waals surface area contributed by atoms with Crippen molar-refractivity contribution in [2.45, 2.75) is 18.9 Å². The lowest BCUT2D eigenvalue weighted by Crippen LogP contribution is -2.40. The largest absolute Gasteiger partial charge is 0.308 e. The van der Waals surface area contributed by atoms with Crippen molar-refractivity contribution >= 4 is 27.5 Å². The minimum Gasteiger partial charge on any atom is -0.308 e. The van der Waals surface area contributed by atoms with Crippen LogP contribution in [0.1, 0.15) is 12.0 Å². The number of likely N-dealkylation sites (N-methyl/N-ethyl adjacent to an activating group) is 1. The van der Waals surface area contributed by atoms with Gasteiger partial charge in [0, 0.05) is 17.6 Å². The Bertz CT molecular complexity index is 720. The Morgan fingerprint density at radius 1 is 1.21 bits per heavy atom. The van der Waals surface area contributed by atoms with Crippen LogP contribution in [-0.4, -0.2) is 37.0 Å². The van der Waals surface area contributed by atoms with Gasteiger partial charge in [0.2, 0.25) is 5.91 Å². The van der Waals surface area contributed by atoms with E-state index in [1.54, 1.807) is 23.1 Å². The van der Waals surface area contributed by atoms with Crippen molar-refractivity contribution in [3.05, 3.63) is 64.4 Å². The monoisotopic (exact) mass is 390 g/mol. The van der Waals surface area contributed by atoms with Crippen molar-refractivity contribution in [1.29, 1.82) is 0 Å². The molecule has 3 nitrogen and oxygen atoms in total.